The third-order valence-corrected chi connectivity index (χ3v) is 3.71. The summed E-state index contributed by atoms with van der Waals surface area (Å²) in [4.78, 5) is 14.1. The Bertz CT molecular complexity index is 247. The number of nitrogens with zero attached hydrogens (tertiary/aromatic N) is 1. The van der Waals surface area contributed by atoms with Crippen LogP contribution < -0.4 is 10.6 Å². The smallest absolute Gasteiger partial charge is 0.314 e. The fraction of sp³-hybridized carbons (Fsp3) is 0.929. The van der Waals surface area contributed by atoms with Crippen molar-refractivity contribution >= 4 is 6.03 Å². The number of nitrogens with one attached hydrogen (secondary N) is 2. The van der Waals surface area contributed by atoms with Crippen LogP contribution in [0.5, 0.6) is 0 Å². The monoisotopic (exact) mass is 255 g/mol. The highest BCUT2D eigenvalue weighted by Crippen LogP contribution is 2.19. The Morgan fingerprint density at radius 1 is 1.17 bits per heavy atom. The van der Waals surface area contributed by atoms with Crippen molar-refractivity contribution in [3.63, 3.8) is 0 Å². The number of urea groups is 1. The first kappa shape index (κ1) is 15.3. The zero-order chi connectivity index (χ0) is 13.4. The van der Waals surface area contributed by atoms with E-state index in [1.54, 1.807) is 0 Å². The van der Waals surface area contributed by atoms with Crippen LogP contribution >= 0.6 is 0 Å². The molecule has 1 saturated heterocycles. The number of likely N-dealkylation sites (tertiary alicyclic amines) is 1. The lowest BCUT2D eigenvalue weighted by Gasteiger charge is -2.41. The minimum atomic E-state index is -0.0338. The first-order valence-electron chi connectivity index (χ1n) is 7.33. The third kappa shape index (κ3) is 5.25. The van der Waals surface area contributed by atoms with Gasteiger partial charge in [0, 0.05) is 18.6 Å². The van der Waals surface area contributed by atoms with Crippen molar-refractivity contribution in [2.24, 2.45) is 0 Å². The topological polar surface area (TPSA) is 44.4 Å². The van der Waals surface area contributed by atoms with Crippen molar-refractivity contribution in [1.29, 1.82) is 0 Å². The van der Waals surface area contributed by atoms with Crippen LogP contribution in [-0.4, -0.2) is 42.6 Å². The van der Waals surface area contributed by atoms with Crippen LogP contribution in [0.3, 0.4) is 0 Å². The molecule has 0 aromatic heterocycles. The van der Waals surface area contributed by atoms with Gasteiger partial charge in [0.2, 0.25) is 0 Å². The van der Waals surface area contributed by atoms with Crippen molar-refractivity contribution < 1.29 is 4.79 Å². The van der Waals surface area contributed by atoms with E-state index in [-0.39, 0.29) is 11.6 Å². The Morgan fingerprint density at radius 3 is 2.44 bits per heavy atom. The number of hydrogen-bond donors (Lipinski definition) is 2. The Kier molecular flexibility index (Phi) is 6.47. The molecule has 0 saturated carbocycles. The highest BCUT2D eigenvalue weighted by molar-refractivity contribution is 5.73. The summed E-state index contributed by atoms with van der Waals surface area (Å²) in [7, 11) is 0. The lowest BCUT2D eigenvalue weighted by atomic mass is 9.98. The van der Waals surface area contributed by atoms with E-state index in [0.29, 0.717) is 6.54 Å². The summed E-state index contributed by atoms with van der Waals surface area (Å²) in [5, 5.41) is 5.88. The number of carbonyl (C=O) groups is 1. The lowest BCUT2D eigenvalue weighted by molar-refractivity contribution is 0.0960. The van der Waals surface area contributed by atoms with Crippen LogP contribution in [-0.2, 0) is 0 Å². The van der Waals surface area contributed by atoms with Gasteiger partial charge in [-0.05, 0) is 46.2 Å². The summed E-state index contributed by atoms with van der Waals surface area (Å²) in [5.74, 6) is 0. The van der Waals surface area contributed by atoms with Crippen molar-refractivity contribution in [3.05, 3.63) is 0 Å². The highest BCUT2D eigenvalue weighted by atomic mass is 16.2. The zero-order valence-electron chi connectivity index (χ0n) is 12.2. The van der Waals surface area contributed by atoms with Gasteiger partial charge in [0.1, 0.15) is 0 Å². The second-order valence-corrected chi connectivity index (χ2v) is 5.82. The molecule has 1 heterocycles. The molecular weight excluding hydrogens is 226 g/mol. The number of hydrogen-bond acceptors (Lipinski definition) is 2. The van der Waals surface area contributed by atoms with Crippen LogP contribution in [0.4, 0.5) is 4.79 Å². The van der Waals surface area contributed by atoms with Crippen LogP contribution in [0, 0.1) is 0 Å². The molecule has 106 valence electrons. The van der Waals surface area contributed by atoms with E-state index in [1.807, 2.05) is 0 Å². The van der Waals surface area contributed by atoms with Gasteiger partial charge in [-0.2, -0.15) is 0 Å². The first-order chi connectivity index (χ1) is 8.56. The van der Waals surface area contributed by atoms with Crippen LogP contribution in [0.2, 0.25) is 0 Å². The summed E-state index contributed by atoms with van der Waals surface area (Å²) in [6, 6.07) is -0.0338. The summed E-state index contributed by atoms with van der Waals surface area (Å²) in [5.41, 5.74) is 0.0581. The standard InChI is InChI=1S/C14H29N3O/c1-4-5-9-15-13(18)16-12-14(2,3)17-10-7-6-8-11-17/h4-12H2,1-3H3,(H2,15,16,18). The molecule has 1 rings (SSSR count). The quantitative estimate of drug-likeness (QED) is 0.716. The van der Waals surface area contributed by atoms with E-state index in [2.05, 4.69) is 36.3 Å². The molecule has 0 atom stereocenters. The molecule has 0 aliphatic carbocycles. The number of amides is 2. The van der Waals surface area contributed by atoms with Gasteiger partial charge in [-0.1, -0.05) is 19.8 Å². The average Bonchev–Trinajstić information content (AvgIpc) is 2.38. The number of rotatable bonds is 6. The van der Waals surface area contributed by atoms with Crippen LogP contribution in [0.1, 0.15) is 52.9 Å². The minimum Gasteiger partial charge on any atom is -0.338 e. The molecule has 0 spiro atoms. The molecule has 0 unspecified atom stereocenters. The van der Waals surface area contributed by atoms with Crippen molar-refractivity contribution in [1.82, 2.24) is 15.5 Å². The second kappa shape index (κ2) is 7.62. The molecule has 1 aliphatic heterocycles. The SMILES string of the molecule is CCCCNC(=O)NCC(C)(C)N1CCCCC1. The number of piperidine rings is 1. The van der Waals surface area contributed by atoms with Gasteiger partial charge < -0.3 is 10.6 Å². The van der Waals surface area contributed by atoms with E-state index in [1.165, 1.54) is 19.3 Å². The van der Waals surface area contributed by atoms with Gasteiger partial charge in [0.05, 0.1) is 0 Å². The number of unbranched alkanes of at least 4 members (excludes halogenated alkanes) is 1. The molecule has 4 heteroatoms. The van der Waals surface area contributed by atoms with Gasteiger partial charge >= 0.3 is 6.03 Å². The van der Waals surface area contributed by atoms with Gasteiger partial charge in [0.25, 0.3) is 0 Å². The van der Waals surface area contributed by atoms with E-state index in [0.717, 1.165) is 32.5 Å². The lowest BCUT2D eigenvalue weighted by Crippen LogP contribution is -2.54. The molecule has 0 radical (unpaired) electrons. The maximum atomic E-state index is 11.6. The molecule has 4 nitrogen and oxygen atoms in total. The van der Waals surface area contributed by atoms with Gasteiger partial charge in [-0.25, -0.2) is 4.79 Å². The Balaban J connectivity index is 2.24. The summed E-state index contributed by atoms with van der Waals surface area (Å²) >= 11 is 0. The van der Waals surface area contributed by atoms with Crippen LogP contribution in [0.15, 0.2) is 0 Å². The predicted octanol–water partition coefficient (Wildman–Crippen LogP) is 2.35. The summed E-state index contributed by atoms with van der Waals surface area (Å²) in [6.45, 7) is 10.4. The Morgan fingerprint density at radius 2 is 1.83 bits per heavy atom. The van der Waals surface area contributed by atoms with Crippen molar-refractivity contribution in [3.8, 4) is 0 Å². The summed E-state index contributed by atoms with van der Waals surface area (Å²) in [6.07, 6.45) is 6.07. The van der Waals surface area contributed by atoms with E-state index >= 15 is 0 Å². The third-order valence-electron chi connectivity index (χ3n) is 3.71. The van der Waals surface area contributed by atoms with Gasteiger partial charge in [-0.15, -0.1) is 0 Å². The average molecular weight is 255 g/mol. The normalized spacial score (nSPS) is 17.5. The van der Waals surface area contributed by atoms with Crippen molar-refractivity contribution in [2.45, 2.75) is 58.4 Å². The minimum absolute atomic E-state index is 0.0338. The molecule has 1 aliphatic rings. The van der Waals surface area contributed by atoms with Crippen molar-refractivity contribution in [2.75, 3.05) is 26.2 Å². The molecule has 2 amide bonds. The number of carbonyl (C=O) groups excluding carboxylic acids is 1. The molecule has 0 aromatic carbocycles. The molecule has 0 bridgehead atoms. The first-order valence-corrected chi connectivity index (χ1v) is 7.33. The fourth-order valence-electron chi connectivity index (χ4n) is 2.35. The predicted molar refractivity (Wildman–Crippen MR) is 75.8 cm³/mol. The van der Waals surface area contributed by atoms with Gasteiger partial charge in [-0.3, -0.25) is 4.90 Å². The van der Waals surface area contributed by atoms with E-state index in [4.69, 9.17) is 0 Å². The molecule has 1 fully saturated rings. The molecular formula is C14H29N3O. The van der Waals surface area contributed by atoms with Crippen LogP contribution in [0.25, 0.3) is 0 Å². The van der Waals surface area contributed by atoms with Gasteiger partial charge in [0.15, 0.2) is 0 Å². The second-order valence-electron chi connectivity index (χ2n) is 5.82. The largest absolute Gasteiger partial charge is 0.338 e. The summed E-state index contributed by atoms with van der Waals surface area (Å²) < 4.78 is 0. The van der Waals surface area contributed by atoms with E-state index in [9.17, 15) is 4.79 Å². The van der Waals surface area contributed by atoms with E-state index < -0.39 is 0 Å². The Hall–Kier alpha value is -0.770. The maximum Gasteiger partial charge on any atom is 0.314 e. The molecule has 0 aromatic rings. The maximum absolute atomic E-state index is 11.6. The fourth-order valence-corrected chi connectivity index (χ4v) is 2.35. The molecule has 2 N–H and O–H groups in total. The zero-order valence-corrected chi connectivity index (χ0v) is 12.2. The molecule has 18 heavy (non-hydrogen) atoms. The highest BCUT2D eigenvalue weighted by Gasteiger charge is 2.28. The Labute approximate surface area is 111 Å².